The van der Waals surface area contributed by atoms with E-state index in [-0.39, 0.29) is 24.0 Å². The molecule has 0 radical (unpaired) electrons. The van der Waals surface area contributed by atoms with Crippen LogP contribution in [0, 0.1) is 5.41 Å². The Morgan fingerprint density at radius 1 is 1.38 bits per heavy atom. The molecule has 0 saturated heterocycles. The van der Waals surface area contributed by atoms with Gasteiger partial charge in [-0.2, -0.15) is 0 Å². The van der Waals surface area contributed by atoms with Gasteiger partial charge in [0.25, 0.3) is 5.91 Å². The number of amides is 1. The van der Waals surface area contributed by atoms with E-state index in [2.05, 4.69) is 15.6 Å². The van der Waals surface area contributed by atoms with E-state index >= 15 is 0 Å². The van der Waals surface area contributed by atoms with Gasteiger partial charge >= 0.3 is 0 Å². The van der Waals surface area contributed by atoms with Gasteiger partial charge in [-0.15, -0.1) is 0 Å². The predicted molar refractivity (Wildman–Crippen MR) is 85.4 cm³/mol. The second-order valence-corrected chi connectivity index (χ2v) is 5.75. The van der Waals surface area contributed by atoms with E-state index in [1.54, 1.807) is 18.3 Å². The van der Waals surface area contributed by atoms with Crippen LogP contribution in [0.4, 0.5) is 5.82 Å². The molecule has 1 amide bonds. The fourth-order valence-corrected chi connectivity index (χ4v) is 2.12. The van der Waals surface area contributed by atoms with Gasteiger partial charge in [0.15, 0.2) is 0 Å². The molecule has 1 rings (SSSR count). The number of hydrogen-bond acceptors (Lipinski definition) is 4. The molecule has 0 aliphatic rings. The smallest absolute Gasteiger partial charge is 0.255 e. The Bertz CT molecular complexity index is 448. The average molecular weight is 293 g/mol. The van der Waals surface area contributed by atoms with Gasteiger partial charge in [0.2, 0.25) is 0 Å². The molecule has 0 aliphatic heterocycles. The second-order valence-electron chi connectivity index (χ2n) is 5.75. The number of pyridine rings is 1. The van der Waals surface area contributed by atoms with Gasteiger partial charge < -0.3 is 15.7 Å². The molecule has 0 unspecified atom stereocenters. The lowest BCUT2D eigenvalue weighted by Gasteiger charge is -2.29. The van der Waals surface area contributed by atoms with Crippen LogP contribution in [0.2, 0.25) is 0 Å². The van der Waals surface area contributed by atoms with Crippen LogP contribution in [-0.4, -0.2) is 35.2 Å². The van der Waals surface area contributed by atoms with E-state index in [4.69, 9.17) is 0 Å². The van der Waals surface area contributed by atoms with Crippen LogP contribution in [0.1, 0.15) is 50.9 Å². The quantitative estimate of drug-likeness (QED) is 0.688. The number of nitrogens with zero attached hydrogens (tertiary/aromatic N) is 1. The zero-order valence-corrected chi connectivity index (χ0v) is 13.4. The topological polar surface area (TPSA) is 74.2 Å². The third kappa shape index (κ3) is 4.70. The summed E-state index contributed by atoms with van der Waals surface area (Å²) in [5.41, 5.74) is 0.286. The summed E-state index contributed by atoms with van der Waals surface area (Å²) in [6.07, 6.45) is 3.31. The van der Waals surface area contributed by atoms with Gasteiger partial charge in [-0.05, 0) is 38.8 Å². The van der Waals surface area contributed by atoms with Crippen LogP contribution in [-0.2, 0) is 0 Å². The largest absolute Gasteiger partial charge is 0.396 e. The molecule has 0 aromatic carbocycles. The van der Waals surface area contributed by atoms with Crippen molar-refractivity contribution in [3.63, 3.8) is 0 Å². The minimum atomic E-state index is -0.247. The molecule has 1 aromatic rings. The average Bonchev–Trinajstić information content (AvgIpc) is 2.49. The number of aromatic nitrogens is 1. The molecule has 0 aliphatic carbocycles. The Hall–Kier alpha value is -1.62. The lowest BCUT2D eigenvalue weighted by molar-refractivity contribution is 0.0851. The summed E-state index contributed by atoms with van der Waals surface area (Å²) in [4.78, 5) is 16.6. The molecule has 0 fully saturated rings. The molecule has 1 heterocycles. The molecule has 0 spiro atoms. The summed E-state index contributed by atoms with van der Waals surface area (Å²) in [6.45, 7) is 8.60. The maximum Gasteiger partial charge on any atom is 0.255 e. The summed E-state index contributed by atoms with van der Waals surface area (Å²) in [7, 11) is 0. The van der Waals surface area contributed by atoms with Crippen molar-refractivity contribution in [1.29, 1.82) is 0 Å². The first kappa shape index (κ1) is 17.4. The van der Waals surface area contributed by atoms with Crippen molar-refractivity contribution in [3.8, 4) is 0 Å². The van der Waals surface area contributed by atoms with Gasteiger partial charge in [0.05, 0.1) is 12.2 Å². The number of rotatable bonds is 8. The number of anilines is 1. The highest BCUT2D eigenvalue weighted by Crippen LogP contribution is 2.24. The Morgan fingerprint density at radius 3 is 2.57 bits per heavy atom. The highest BCUT2D eigenvalue weighted by Gasteiger charge is 2.26. The second kappa shape index (κ2) is 7.98. The Morgan fingerprint density at radius 2 is 2.05 bits per heavy atom. The molecular weight excluding hydrogens is 266 g/mol. The summed E-state index contributed by atoms with van der Waals surface area (Å²) in [5, 5.41) is 15.7. The number of carbonyl (C=O) groups is 1. The molecule has 5 nitrogen and oxygen atoms in total. The van der Waals surface area contributed by atoms with E-state index in [0.717, 1.165) is 12.8 Å². The van der Waals surface area contributed by atoms with Crippen LogP contribution in [0.3, 0.4) is 0 Å². The highest BCUT2D eigenvalue weighted by molar-refractivity contribution is 5.98. The van der Waals surface area contributed by atoms with Crippen molar-refractivity contribution >= 4 is 11.7 Å². The molecular formula is C16H27N3O2. The van der Waals surface area contributed by atoms with Crippen molar-refractivity contribution in [3.05, 3.63) is 23.9 Å². The SMILES string of the molecule is CCC(CC)(CO)CNC(=O)c1cccnc1NC(C)C. The number of nitrogens with one attached hydrogen (secondary N) is 2. The molecule has 5 heteroatoms. The Labute approximate surface area is 127 Å². The number of carbonyl (C=O) groups excluding carboxylic acids is 1. The van der Waals surface area contributed by atoms with Crippen LogP contribution in [0.5, 0.6) is 0 Å². The van der Waals surface area contributed by atoms with Crippen molar-refractivity contribution in [2.45, 2.75) is 46.6 Å². The normalized spacial score (nSPS) is 11.5. The van der Waals surface area contributed by atoms with E-state index in [1.165, 1.54) is 0 Å². The summed E-state index contributed by atoms with van der Waals surface area (Å²) < 4.78 is 0. The molecule has 21 heavy (non-hydrogen) atoms. The maximum atomic E-state index is 12.4. The minimum absolute atomic E-state index is 0.0738. The standard InChI is InChI=1S/C16H27N3O2/c1-5-16(6-2,11-20)10-18-15(21)13-8-7-9-17-14(13)19-12(3)4/h7-9,12,20H,5-6,10-11H2,1-4H3,(H,17,19)(H,18,21). The fourth-order valence-electron chi connectivity index (χ4n) is 2.12. The molecule has 0 bridgehead atoms. The third-order valence-corrected chi connectivity index (χ3v) is 3.94. The van der Waals surface area contributed by atoms with E-state index in [9.17, 15) is 9.90 Å². The summed E-state index contributed by atoms with van der Waals surface area (Å²) in [5.74, 6) is 0.429. The molecule has 118 valence electrons. The predicted octanol–water partition coefficient (Wildman–Crippen LogP) is 2.43. The number of aliphatic hydroxyl groups is 1. The van der Waals surface area contributed by atoms with Gasteiger partial charge in [-0.1, -0.05) is 13.8 Å². The third-order valence-electron chi connectivity index (χ3n) is 3.94. The van der Waals surface area contributed by atoms with Crippen LogP contribution in [0.15, 0.2) is 18.3 Å². The van der Waals surface area contributed by atoms with Crippen molar-refractivity contribution in [2.75, 3.05) is 18.5 Å². The van der Waals surface area contributed by atoms with Crippen LogP contribution >= 0.6 is 0 Å². The molecule has 1 aromatic heterocycles. The lowest BCUT2D eigenvalue weighted by Crippen LogP contribution is -2.39. The van der Waals surface area contributed by atoms with Gasteiger partial charge in [0, 0.05) is 24.2 Å². The van der Waals surface area contributed by atoms with Gasteiger partial charge in [0.1, 0.15) is 5.82 Å². The van der Waals surface area contributed by atoms with Crippen LogP contribution in [0.25, 0.3) is 0 Å². The molecule has 3 N–H and O–H groups in total. The summed E-state index contributed by atoms with van der Waals surface area (Å²) in [6, 6.07) is 3.71. The zero-order valence-electron chi connectivity index (χ0n) is 13.4. The van der Waals surface area contributed by atoms with E-state index in [1.807, 2.05) is 27.7 Å². The van der Waals surface area contributed by atoms with Crippen molar-refractivity contribution in [2.24, 2.45) is 5.41 Å². The van der Waals surface area contributed by atoms with E-state index in [0.29, 0.717) is 17.9 Å². The van der Waals surface area contributed by atoms with Crippen molar-refractivity contribution in [1.82, 2.24) is 10.3 Å². The lowest BCUT2D eigenvalue weighted by atomic mass is 9.83. The van der Waals surface area contributed by atoms with Crippen LogP contribution < -0.4 is 10.6 Å². The van der Waals surface area contributed by atoms with E-state index < -0.39 is 0 Å². The maximum absolute atomic E-state index is 12.4. The Kier molecular flexibility index (Phi) is 6.62. The van der Waals surface area contributed by atoms with Crippen molar-refractivity contribution < 1.29 is 9.90 Å². The first-order valence-electron chi connectivity index (χ1n) is 7.58. The highest BCUT2D eigenvalue weighted by atomic mass is 16.3. The van der Waals surface area contributed by atoms with Gasteiger partial charge in [-0.25, -0.2) is 4.98 Å². The first-order valence-corrected chi connectivity index (χ1v) is 7.58. The Balaban J connectivity index is 2.80. The molecule has 0 saturated carbocycles. The monoisotopic (exact) mass is 293 g/mol. The number of hydrogen-bond donors (Lipinski definition) is 3. The first-order chi connectivity index (χ1) is 9.98. The minimum Gasteiger partial charge on any atom is -0.396 e. The summed E-state index contributed by atoms with van der Waals surface area (Å²) >= 11 is 0. The van der Waals surface area contributed by atoms with Gasteiger partial charge in [-0.3, -0.25) is 4.79 Å². The number of aliphatic hydroxyl groups excluding tert-OH is 1. The fraction of sp³-hybridized carbons (Fsp3) is 0.625. The molecule has 0 atom stereocenters. The zero-order chi connectivity index (χ0) is 15.9.